The largest absolute Gasteiger partial charge is 0.488 e. The number of ether oxygens (including phenoxy) is 1. The van der Waals surface area contributed by atoms with E-state index in [0.717, 1.165) is 23.1 Å². The SMILES string of the molecule is CC1(C)C(Cl)CC1Oc1cnc2ccccc2c1. The van der Waals surface area contributed by atoms with E-state index >= 15 is 0 Å². The Balaban J connectivity index is 1.83. The van der Waals surface area contributed by atoms with Crippen molar-refractivity contribution >= 4 is 22.5 Å². The van der Waals surface area contributed by atoms with Crippen LogP contribution in [-0.2, 0) is 0 Å². The third-order valence-corrected chi connectivity index (χ3v) is 4.64. The maximum absolute atomic E-state index is 6.20. The average molecular weight is 262 g/mol. The van der Waals surface area contributed by atoms with Crippen LogP contribution in [-0.4, -0.2) is 16.5 Å². The van der Waals surface area contributed by atoms with E-state index in [4.69, 9.17) is 16.3 Å². The second kappa shape index (κ2) is 4.13. The third-order valence-electron chi connectivity index (χ3n) is 3.90. The van der Waals surface area contributed by atoms with Gasteiger partial charge in [-0.05, 0) is 12.1 Å². The van der Waals surface area contributed by atoms with E-state index in [9.17, 15) is 0 Å². The third kappa shape index (κ3) is 1.85. The van der Waals surface area contributed by atoms with Gasteiger partial charge in [0, 0.05) is 22.6 Å². The molecular weight excluding hydrogens is 246 g/mol. The Morgan fingerprint density at radius 2 is 2.11 bits per heavy atom. The van der Waals surface area contributed by atoms with Gasteiger partial charge in [-0.2, -0.15) is 0 Å². The maximum atomic E-state index is 6.20. The molecule has 0 spiro atoms. The highest BCUT2D eigenvalue weighted by atomic mass is 35.5. The number of fused-ring (bicyclic) bond motifs is 1. The molecule has 3 heteroatoms. The molecule has 0 aliphatic heterocycles. The number of nitrogens with zero attached hydrogens (tertiary/aromatic N) is 1. The summed E-state index contributed by atoms with van der Waals surface area (Å²) < 4.78 is 6.00. The van der Waals surface area contributed by atoms with Gasteiger partial charge in [0.15, 0.2) is 0 Å². The quantitative estimate of drug-likeness (QED) is 0.762. The van der Waals surface area contributed by atoms with Crippen molar-refractivity contribution in [2.24, 2.45) is 5.41 Å². The zero-order valence-corrected chi connectivity index (χ0v) is 11.3. The van der Waals surface area contributed by atoms with Crippen LogP contribution >= 0.6 is 11.6 Å². The van der Waals surface area contributed by atoms with Crippen LogP contribution in [0.2, 0.25) is 0 Å². The zero-order chi connectivity index (χ0) is 12.8. The fourth-order valence-electron chi connectivity index (χ4n) is 2.32. The molecular formula is C15H16ClNO. The fourth-order valence-corrected chi connectivity index (χ4v) is 2.62. The van der Waals surface area contributed by atoms with Gasteiger partial charge in [0.1, 0.15) is 11.9 Å². The van der Waals surface area contributed by atoms with Crippen molar-refractivity contribution in [3.63, 3.8) is 0 Å². The van der Waals surface area contributed by atoms with Crippen LogP contribution in [0.4, 0.5) is 0 Å². The highest BCUT2D eigenvalue weighted by molar-refractivity contribution is 6.21. The van der Waals surface area contributed by atoms with E-state index in [-0.39, 0.29) is 16.9 Å². The monoisotopic (exact) mass is 261 g/mol. The first-order valence-electron chi connectivity index (χ1n) is 6.23. The van der Waals surface area contributed by atoms with Crippen LogP contribution < -0.4 is 4.74 Å². The Hall–Kier alpha value is -1.28. The molecule has 18 heavy (non-hydrogen) atoms. The summed E-state index contributed by atoms with van der Waals surface area (Å²) in [7, 11) is 0. The van der Waals surface area contributed by atoms with Crippen molar-refractivity contribution in [2.45, 2.75) is 31.7 Å². The number of hydrogen-bond acceptors (Lipinski definition) is 2. The normalized spacial score (nSPS) is 25.7. The molecule has 0 amide bonds. The smallest absolute Gasteiger partial charge is 0.138 e. The summed E-state index contributed by atoms with van der Waals surface area (Å²) in [6, 6.07) is 10.1. The van der Waals surface area contributed by atoms with E-state index in [1.54, 1.807) is 6.20 Å². The van der Waals surface area contributed by atoms with E-state index in [1.807, 2.05) is 30.3 Å². The van der Waals surface area contributed by atoms with Gasteiger partial charge < -0.3 is 4.74 Å². The lowest BCUT2D eigenvalue weighted by atomic mass is 9.68. The van der Waals surface area contributed by atoms with Crippen LogP contribution in [0.25, 0.3) is 10.9 Å². The van der Waals surface area contributed by atoms with Crippen LogP contribution in [0.3, 0.4) is 0 Å². The molecule has 1 aliphatic carbocycles. The molecule has 0 radical (unpaired) electrons. The van der Waals surface area contributed by atoms with E-state index in [1.165, 1.54) is 0 Å². The summed E-state index contributed by atoms with van der Waals surface area (Å²) in [5, 5.41) is 1.31. The minimum atomic E-state index is 0.0349. The Morgan fingerprint density at radius 3 is 2.83 bits per heavy atom. The van der Waals surface area contributed by atoms with E-state index in [0.29, 0.717) is 0 Å². The first-order valence-corrected chi connectivity index (χ1v) is 6.66. The van der Waals surface area contributed by atoms with E-state index < -0.39 is 0 Å². The van der Waals surface area contributed by atoms with Crippen LogP contribution in [0.5, 0.6) is 5.75 Å². The highest BCUT2D eigenvalue weighted by Crippen LogP contribution is 2.46. The molecule has 2 aromatic rings. The Labute approximate surface area is 112 Å². The van der Waals surface area contributed by atoms with Crippen LogP contribution in [0.1, 0.15) is 20.3 Å². The fraction of sp³-hybridized carbons (Fsp3) is 0.400. The van der Waals surface area contributed by atoms with Gasteiger partial charge in [-0.25, -0.2) is 0 Å². The Kier molecular flexibility index (Phi) is 2.70. The molecule has 2 unspecified atom stereocenters. The predicted molar refractivity (Wildman–Crippen MR) is 74.2 cm³/mol. The first kappa shape index (κ1) is 11.8. The van der Waals surface area contributed by atoms with Gasteiger partial charge in [-0.3, -0.25) is 4.98 Å². The summed E-state index contributed by atoms with van der Waals surface area (Å²) in [4.78, 5) is 4.40. The van der Waals surface area contributed by atoms with E-state index in [2.05, 4.69) is 18.8 Å². The van der Waals surface area contributed by atoms with Gasteiger partial charge in [0.05, 0.1) is 11.7 Å². The van der Waals surface area contributed by atoms with Crippen molar-refractivity contribution in [1.82, 2.24) is 4.98 Å². The van der Waals surface area contributed by atoms with Crippen molar-refractivity contribution in [2.75, 3.05) is 0 Å². The minimum Gasteiger partial charge on any atom is -0.488 e. The molecule has 3 rings (SSSR count). The average Bonchev–Trinajstić information content (AvgIpc) is 2.38. The van der Waals surface area contributed by atoms with Gasteiger partial charge in [-0.15, -0.1) is 11.6 Å². The maximum Gasteiger partial charge on any atom is 0.138 e. The molecule has 94 valence electrons. The minimum absolute atomic E-state index is 0.0349. The molecule has 1 aromatic carbocycles. The number of aromatic nitrogens is 1. The molecule has 1 aliphatic rings. The lowest BCUT2D eigenvalue weighted by Crippen LogP contribution is -2.53. The lowest BCUT2D eigenvalue weighted by Gasteiger charge is -2.48. The summed E-state index contributed by atoms with van der Waals surface area (Å²) in [6.07, 6.45) is 2.88. The van der Waals surface area contributed by atoms with Gasteiger partial charge in [0.2, 0.25) is 0 Å². The number of hydrogen-bond donors (Lipinski definition) is 0. The van der Waals surface area contributed by atoms with Crippen molar-refractivity contribution in [3.05, 3.63) is 36.5 Å². The van der Waals surface area contributed by atoms with Crippen LogP contribution in [0.15, 0.2) is 36.5 Å². The van der Waals surface area contributed by atoms with Gasteiger partial charge >= 0.3 is 0 Å². The van der Waals surface area contributed by atoms with Crippen molar-refractivity contribution in [1.29, 1.82) is 0 Å². The first-order chi connectivity index (χ1) is 8.57. The van der Waals surface area contributed by atoms with Crippen molar-refractivity contribution in [3.8, 4) is 5.75 Å². The zero-order valence-electron chi connectivity index (χ0n) is 10.6. The summed E-state index contributed by atoms with van der Waals surface area (Å²) in [5.74, 6) is 0.829. The second-order valence-corrected chi connectivity index (χ2v) is 6.02. The number of para-hydroxylation sites is 1. The Morgan fingerprint density at radius 1 is 1.33 bits per heavy atom. The number of halogens is 1. The molecule has 1 fully saturated rings. The molecule has 0 saturated heterocycles. The summed E-state index contributed by atoms with van der Waals surface area (Å²) in [5.41, 5.74) is 1.03. The van der Waals surface area contributed by atoms with Crippen molar-refractivity contribution < 1.29 is 4.74 Å². The second-order valence-electron chi connectivity index (χ2n) is 5.49. The van der Waals surface area contributed by atoms with Gasteiger partial charge in [-0.1, -0.05) is 32.0 Å². The topological polar surface area (TPSA) is 22.1 Å². The molecule has 0 N–H and O–H groups in total. The molecule has 0 bridgehead atoms. The number of pyridine rings is 1. The van der Waals surface area contributed by atoms with Gasteiger partial charge in [0.25, 0.3) is 0 Å². The Bertz CT molecular complexity index is 581. The van der Waals surface area contributed by atoms with Crippen LogP contribution in [0, 0.1) is 5.41 Å². The molecule has 2 nitrogen and oxygen atoms in total. The summed E-state index contributed by atoms with van der Waals surface area (Å²) in [6.45, 7) is 4.29. The summed E-state index contributed by atoms with van der Waals surface area (Å²) >= 11 is 6.20. The molecule has 2 atom stereocenters. The molecule has 1 aromatic heterocycles. The number of alkyl halides is 1. The molecule has 1 saturated carbocycles. The standard InChI is InChI=1S/C15H16ClNO/c1-15(2)13(16)8-14(15)18-11-7-10-5-3-4-6-12(10)17-9-11/h3-7,9,13-14H,8H2,1-2H3. The number of benzene rings is 1. The lowest BCUT2D eigenvalue weighted by molar-refractivity contribution is -0.0131. The predicted octanol–water partition coefficient (Wildman–Crippen LogP) is 4.02. The molecule has 1 heterocycles. The number of rotatable bonds is 2. The highest BCUT2D eigenvalue weighted by Gasteiger charge is 2.49.